The first-order valence-corrected chi connectivity index (χ1v) is 8.38. The van der Waals surface area contributed by atoms with Gasteiger partial charge < -0.3 is 16.0 Å². The molecule has 26 heavy (non-hydrogen) atoms. The highest BCUT2D eigenvalue weighted by Crippen LogP contribution is 2.36. The van der Waals surface area contributed by atoms with Crippen LogP contribution in [-0.4, -0.2) is 36.0 Å². The van der Waals surface area contributed by atoms with Crippen LogP contribution in [0, 0.1) is 12.3 Å². The largest absolute Gasteiger partial charge is 0.356 e. The van der Waals surface area contributed by atoms with E-state index in [9.17, 15) is 14.4 Å². The van der Waals surface area contributed by atoms with Crippen molar-refractivity contribution in [1.29, 1.82) is 0 Å². The van der Waals surface area contributed by atoms with E-state index < -0.39 is 17.6 Å². The fourth-order valence-corrected chi connectivity index (χ4v) is 2.78. The number of fused-ring (bicyclic) bond motifs is 1. The van der Waals surface area contributed by atoms with E-state index in [4.69, 9.17) is 6.42 Å². The van der Waals surface area contributed by atoms with Crippen molar-refractivity contribution in [2.24, 2.45) is 10.2 Å². The van der Waals surface area contributed by atoms with Gasteiger partial charge in [0.15, 0.2) is 5.66 Å². The predicted octanol–water partition coefficient (Wildman–Crippen LogP) is 1.21. The van der Waals surface area contributed by atoms with Gasteiger partial charge in [-0.25, -0.2) is 0 Å². The molecule has 2 aliphatic rings. The Hall–Kier alpha value is -3.21. The lowest BCUT2D eigenvalue weighted by molar-refractivity contribution is -0.125. The van der Waals surface area contributed by atoms with Crippen LogP contribution in [0.4, 0.5) is 5.69 Å². The molecule has 8 heteroatoms. The normalized spacial score (nSPS) is 19.4. The van der Waals surface area contributed by atoms with Gasteiger partial charge in [0.1, 0.15) is 6.04 Å². The number of anilines is 1. The number of amides is 3. The summed E-state index contributed by atoms with van der Waals surface area (Å²) in [4.78, 5) is 36.6. The van der Waals surface area contributed by atoms with Gasteiger partial charge in [0.05, 0.1) is 17.7 Å². The second kappa shape index (κ2) is 7.35. The van der Waals surface area contributed by atoms with Crippen molar-refractivity contribution in [3.63, 3.8) is 0 Å². The average Bonchev–Trinajstić information content (AvgIpc) is 3.40. The van der Waals surface area contributed by atoms with Gasteiger partial charge in [-0.2, -0.15) is 10.2 Å². The molecule has 1 aromatic rings. The Labute approximate surface area is 150 Å². The Kier molecular flexibility index (Phi) is 4.98. The number of terminal acetylenes is 1. The van der Waals surface area contributed by atoms with Crippen molar-refractivity contribution in [3.05, 3.63) is 29.8 Å². The molecule has 8 nitrogen and oxygen atoms in total. The van der Waals surface area contributed by atoms with Gasteiger partial charge in [-0.3, -0.25) is 14.4 Å². The molecule has 2 heterocycles. The van der Waals surface area contributed by atoms with Crippen LogP contribution >= 0.6 is 0 Å². The quantitative estimate of drug-likeness (QED) is 0.640. The molecule has 3 N–H and O–H groups in total. The summed E-state index contributed by atoms with van der Waals surface area (Å²) < 4.78 is 0. The summed E-state index contributed by atoms with van der Waals surface area (Å²) in [6.07, 6.45) is 6.91. The lowest BCUT2D eigenvalue weighted by Gasteiger charge is -2.15. The van der Waals surface area contributed by atoms with E-state index in [-0.39, 0.29) is 18.2 Å². The molecule has 0 radical (unpaired) electrons. The molecular formula is C18H19N5O3. The van der Waals surface area contributed by atoms with Crippen molar-refractivity contribution in [3.8, 4) is 12.3 Å². The van der Waals surface area contributed by atoms with Crippen molar-refractivity contribution >= 4 is 23.4 Å². The van der Waals surface area contributed by atoms with Crippen LogP contribution in [0.2, 0.25) is 0 Å². The van der Waals surface area contributed by atoms with Crippen LogP contribution < -0.4 is 16.0 Å². The number of nitrogens with zero attached hydrogens (tertiary/aromatic N) is 2. The monoisotopic (exact) mass is 353 g/mol. The number of carbonyl (C=O) groups is 3. The van der Waals surface area contributed by atoms with Crippen LogP contribution in [0.1, 0.15) is 36.0 Å². The maximum atomic E-state index is 12.3. The van der Waals surface area contributed by atoms with Crippen LogP contribution in [0.25, 0.3) is 0 Å². The summed E-state index contributed by atoms with van der Waals surface area (Å²) in [5.74, 6) is 1.41. The molecule has 134 valence electrons. The van der Waals surface area contributed by atoms with E-state index in [1.807, 2.05) is 0 Å². The molecule has 0 saturated carbocycles. The molecule has 2 aliphatic heterocycles. The molecule has 0 spiro atoms. The summed E-state index contributed by atoms with van der Waals surface area (Å²) in [6.45, 7) is 0.374. The first-order valence-electron chi connectivity index (χ1n) is 8.38. The molecule has 1 aromatic carbocycles. The number of hydrogen-bond donors (Lipinski definition) is 3. The summed E-state index contributed by atoms with van der Waals surface area (Å²) in [5, 5.41) is 16.0. The summed E-state index contributed by atoms with van der Waals surface area (Å²) in [5.41, 5.74) is 0.344. The highest BCUT2D eigenvalue weighted by atomic mass is 16.2. The number of nitrogens with one attached hydrogen (secondary N) is 3. The van der Waals surface area contributed by atoms with Gasteiger partial charge in [0.25, 0.3) is 5.91 Å². The first kappa shape index (κ1) is 17.6. The molecular weight excluding hydrogens is 334 g/mol. The topological polar surface area (TPSA) is 112 Å². The third-order valence-electron chi connectivity index (χ3n) is 4.34. The summed E-state index contributed by atoms with van der Waals surface area (Å²) in [7, 11) is 0. The second-order valence-electron chi connectivity index (χ2n) is 6.25. The zero-order valence-electron chi connectivity index (χ0n) is 14.1. The second-order valence-corrected chi connectivity index (χ2v) is 6.25. The van der Waals surface area contributed by atoms with Crippen molar-refractivity contribution in [2.45, 2.75) is 37.4 Å². The fourth-order valence-electron chi connectivity index (χ4n) is 2.78. The molecule has 0 aliphatic carbocycles. The van der Waals surface area contributed by atoms with Crippen LogP contribution in [-0.2, 0) is 9.59 Å². The lowest BCUT2D eigenvalue weighted by Crippen LogP contribution is -2.44. The zero-order valence-corrected chi connectivity index (χ0v) is 14.1. The number of carbonyl (C=O) groups excluding carboxylic acids is 3. The third kappa shape index (κ3) is 4.06. The molecule has 0 aromatic heterocycles. The van der Waals surface area contributed by atoms with E-state index in [0.717, 1.165) is 0 Å². The van der Waals surface area contributed by atoms with Crippen LogP contribution in [0.5, 0.6) is 0 Å². The van der Waals surface area contributed by atoms with Gasteiger partial charge in [-0.15, -0.1) is 12.3 Å². The third-order valence-corrected chi connectivity index (χ3v) is 4.34. The SMILES string of the molecule is C#CCCC1(CCNC(=O)C[C@@H]2NC(=O)c3ccccc3NC2=O)N=N1. The first-order chi connectivity index (χ1) is 12.5. The number of hydrogen-bond acceptors (Lipinski definition) is 5. The standard InChI is InChI=1S/C18H19N5O3/c1-2-3-8-18(22-23-18)9-10-19-15(24)11-14-17(26)20-13-7-5-4-6-12(13)16(25)21-14/h1,4-7,14H,3,8-11H2,(H,19,24)(H,20,26)(H,21,25)/t14-/m0/s1. The molecule has 0 bridgehead atoms. The molecule has 1 atom stereocenters. The number of rotatable bonds is 7. The van der Waals surface area contributed by atoms with Crippen molar-refractivity contribution < 1.29 is 14.4 Å². The van der Waals surface area contributed by atoms with Crippen molar-refractivity contribution in [2.75, 3.05) is 11.9 Å². The Morgan fingerprint density at radius 3 is 2.77 bits per heavy atom. The van der Waals surface area contributed by atoms with Crippen LogP contribution in [0.3, 0.4) is 0 Å². The Morgan fingerprint density at radius 1 is 1.27 bits per heavy atom. The van der Waals surface area contributed by atoms with E-state index in [1.54, 1.807) is 24.3 Å². The molecule has 0 unspecified atom stereocenters. The minimum Gasteiger partial charge on any atom is -0.356 e. The van der Waals surface area contributed by atoms with Gasteiger partial charge in [0.2, 0.25) is 11.8 Å². The highest BCUT2D eigenvalue weighted by Gasteiger charge is 2.38. The Balaban J connectivity index is 1.49. The van der Waals surface area contributed by atoms with Gasteiger partial charge in [-0.05, 0) is 12.1 Å². The van der Waals surface area contributed by atoms with Crippen molar-refractivity contribution in [1.82, 2.24) is 10.6 Å². The summed E-state index contributed by atoms with van der Waals surface area (Å²) >= 11 is 0. The van der Waals surface area contributed by atoms with Crippen LogP contribution in [0.15, 0.2) is 34.5 Å². The number of para-hydroxylation sites is 1. The van der Waals surface area contributed by atoms with E-state index in [2.05, 4.69) is 32.1 Å². The molecule has 0 fully saturated rings. The predicted molar refractivity (Wildman–Crippen MR) is 94.2 cm³/mol. The zero-order chi connectivity index (χ0) is 18.6. The molecule has 3 amide bonds. The smallest absolute Gasteiger partial charge is 0.254 e. The average molecular weight is 353 g/mol. The van der Waals surface area contributed by atoms with E-state index in [1.165, 1.54) is 0 Å². The maximum Gasteiger partial charge on any atom is 0.254 e. The van der Waals surface area contributed by atoms with Gasteiger partial charge >= 0.3 is 0 Å². The summed E-state index contributed by atoms with van der Waals surface area (Å²) in [6, 6.07) is 5.77. The molecule has 3 rings (SSSR count). The van der Waals surface area contributed by atoms with E-state index >= 15 is 0 Å². The number of benzene rings is 1. The van der Waals surface area contributed by atoms with Gasteiger partial charge in [0, 0.05) is 25.8 Å². The van der Waals surface area contributed by atoms with Gasteiger partial charge in [-0.1, -0.05) is 12.1 Å². The minimum atomic E-state index is -0.930. The Bertz CT molecular complexity index is 805. The fraction of sp³-hybridized carbons (Fsp3) is 0.389. The Morgan fingerprint density at radius 2 is 2.04 bits per heavy atom. The molecule has 0 saturated heterocycles. The van der Waals surface area contributed by atoms with E-state index in [0.29, 0.717) is 37.1 Å². The lowest BCUT2D eigenvalue weighted by atomic mass is 10.0. The maximum absolute atomic E-state index is 12.3. The minimum absolute atomic E-state index is 0.142. The highest BCUT2D eigenvalue weighted by molar-refractivity contribution is 6.10.